The van der Waals surface area contributed by atoms with E-state index in [0.717, 1.165) is 56.5 Å². The smallest absolute Gasteiger partial charge is 0.255 e. The first-order valence-electron chi connectivity index (χ1n) is 11.7. The lowest BCUT2D eigenvalue weighted by Gasteiger charge is -2.27. The molecule has 1 aliphatic rings. The molecule has 1 aliphatic heterocycles. The van der Waals surface area contributed by atoms with E-state index in [9.17, 15) is 4.79 Å². The third-order valence-corrected chi connectivity index (χ3v) is 6.56. The number of pyridine rings is 2. The van der Waals surface area contributed by atoms with Crippen LogP contribution < -0.4 is 15.0 Å². The van der Waals surface area contributed by atoms with E-state index in [1.54, 1.807) is 12.4 Å². The molecule has 0 radical (unpaired) electrons. The second-order valence-electron chi connectivity index (χ2n) is 8.92. The second kappa shape index (κ2) is 8.43. The van der Waals surface area contributed by atoms with Crippen LogP contribution in [0.1, 0.15) is 28.4 Å². The molecular formula is C28H25N5O2. The zero-order chi connectivity index (χ0) is 23.9. The van der Waals surface area contributed by atoms with Gasteiger partial charge in [-0.25, -0.2) is 0 Å². The number of rotatable bonds is 4. The van der Waals surface area contributed by atoms with Crippen molar-refractivity contribution in [2.45, 2.75) is 12.5 Å². The molecule has 0 saturated heterocycles. The van der Waals surface area contributed by atoms with E-state index in [2.05, 4.69) is 16.4 Å². The number of nitrogens with one attached hydrogen (secondary N) is 2. The average molecular weight is 464 g/mol. The van der Waals surface area contributed by atoms with Crippen LogP contribution in [0, 0.1) is 0 Å². The SMILES string of the molecule is CN(C)c1c(C(=O)N[C@H]2CCOc3ccccc32)cnc2c(-c3cccc4[nH]ccc34)nccc12. The van der Waals surface area contributed by atoms with Gasteiger partial charge >= 0.3 is 0 Å². The molecule has 0 saturated carbocycles. The summed E-state index contributed by atoms with van der Waals surface area (Å²) < 4.78 is 5.76. The van der Waals surface area contributed by atoms with Crippen LogP contribution in [-0.2, 0) is 0 Å². The minimum Gasteiger partial charge on any atom is -0.493 e. The lowest BCUT2D eigenvalue weighted by Crippen LogP contribution is -2.33. The monoisotopic (exact) mass is 463 g/mol. The molecule has 0 spiro atoms. The highest BCUT2D eigenvalue weighted by atomic mass is 16.5. The standard InChI is InChI=1S/C28H25N5O2/c1-33(2)27-20-11-14-30-25(18-7-5-8-22-17(18)10-13-29-22)26(20)31-16-21(27)28(34)32-23-12-15-35-24-9-4-3-6-19(23)24/h3-11,13-14,16,23,29H,12,15H2,1-2H3,(H,32,34)/t23-/m0/s1. The van der Waals surface area contributed by atoms with Gasteiger partial charge in [-0.05, 0) is 24.3 Å². The normalized spacial score (nSPS) is 15.0. The minimum atomic E-state index is -0.157. The van der Waals surface area contributed by atoms with Gasteiger partial charge in [-0.15, -0.1) is 0 Å². The first kappa shape index (κ1) is 21.2. The molecule has 35 heavy (non-hydrogen) atoms. The van der Waals surface area contributed by atoms with Gasteiger partial charge in [-0.1, -0.05) is 30.3 Å². The molecule has 3 aromatic heterocycles. The molecule has 0 fully saturated rings. The van der Waals surface area contributed by atoms with Crippen LogP contribution in [0.25, 0.3) is 33.1 Å². The maximum atomic E-state index is 13.5. The predicted molar refractivity (Wildman–Crippen MR) is 138 cm³/mol. The minimum absolute atomic E-state index is 0.114. The Balaban J connectivity index is 1.44. The van der Waals surface area contributed by atoms with Crippen molar-refractivity contribution in [2.75, 3.05) is 25.6 Å². The topological polar surface area (TPSA) is 83.1 Å². The molecule has 6 rings (SSSR count). The number of hydrogen-bond acceptors (Lipinski definition) is 5. The number of aromatic amines is 1. The lowest BCUT2D eigenvalue weighted by molar-refractivity contribution is 0.0925. The number of hydrogen-bond donors (Lipinski definition) is 2. The van der Waals surface area contributed by atoms with E-state index in [1.807, 2.05) is 73.7 Å². The number of fused-ring (bicyclic) bond motifs is 3. The number of anilines is 1. The van der Waals surface area contributed by atoms with Crippen LogP contribution in [0.4, 0.5) is 5.69 Å². The summed E-state index contributed by atoms with van der Waals surface area (Å²) >= 11 is 0. The van der Waals surface area contributed by atoms with Crippen LogP contribution in [0.5, 0.6) is 5.75 Å². The molecule has 2 aromatic carbocycles. The molecule has 0 unspecified atom stereocenters. The van der Waals surface area contributed by atoms with E-state index in [-0.39, 0.29) is 11.9 Å². The fourth-order valence-corrected chi connectivity index (χ4v) is 4.98. The molecule has 2 N–H and O–H groups in total. The van der Waals surface area contributed by atoms with Gasteiger partial charge in [0.1, 0.15) is 5.75 Å². The number of carbonyl (C=O) groups excluding carboxylic acids is 1. The zero-order valence-corrected chi connectivity index (χ0v) is 19.6. The number of carbonyl (C=O) groups is 1. The Hall–Kier alpha value is -4.39. The van der Waals surface area contributed by atoms with Crippen molar-refractivity contribution in [1.82, 2.24) is 20.3 Å². The van der Waals surface area contributed by atoms with Gasteiger partial charge in [0, 0.05) is 66.5 Å². The van der Waals surface area contributed by atoms with Crippen LogP contribution in [-0.4, -0.2) is 41.6 Å². The quantitative estimate of drug-likeness (QED) is 0.388. The van der Waals surface area contributed by atoms with Crippen molar-refractivity contribution in [3.8, 4) is 17.0 Å². The number of para-hydroxylation sites is 1. The Morgan fingerprint density at radius 1 is 1.06 bits per heavy atom. The second-order valence-corrected chi connectivity index (χ2v) is 8.92. The first-order valence-corrected chi connectivity index (χ1v) is 11.7. The van der Waals surface area contributed by atoms with Crippen LogP contribution in [0.15, 0.2) is 73.2 Å². The summed E-state index contributed by atoms with van der Waals surface area (Å²) in [7, 11) is 3.89. The van der Waals surface area contributed by atoms with Crippen molar-refractivity contribution in [1.29, 1.82) is 0 Å². The highest BCUT2D eigenvalue weighted by Gasteiger charge is 2.26. The number of aromatic nitrogens is 3. The van der Waals surface area contributed by atoms with Crippen LogP contribution >= 0.6 is 0 Å². The number of ether oxygens (including phenoxy) is 1. The van der Waals surface area contributed by atoms with Gasteiger partial charge in [0.15, 0.2) is 0 Å². The Morgan fingerprint density at radius 3 is 2.83 bits per heavy atom. The van der Waals surface area contributed by atoms with Gasteiger partial charge in [0.2, 0.25) is 0 Å². The summed E-state index contributed by atoms with van der Waals surface area (Å²) in [6.45, 7) is 0.568. The fourth-order valence-electron chi connectivity index (χ4n) is 4.98. The largest absolute Gasteiger partial charge is 0.493 e. The van der Waals surface area contributed by atoms with E-state index >= 15 is 0 Å². The number of benzene rings is 2. The number of amides is 1. The maximum absolute atomic E-state index is 13.5. The third kappa shape index (κ3) is 3.56. The van der Waals surface area contributed by atoms with Crippen molar-refractivity contribution in [2.24, 2.45) is 0 Å². The Labute approximate surface area is 202 Å². The summed E-state index contributed by atoms with van der Waals surface area (Å²) in [6, 6.07) is 17.8. The van der Waals surface area contributed by atoms with Crippen molar-refractivity contribution < 1.29 is 9.53 Å². The molecular weight excluding hydrogens is 438 g/mol. The van der Waals surface area contributed by atoms with E-state index in [1.165, 1.54) is 0 Å². The predicted octanol–water partition coefficient (Wildman–Crippen LogP) is 5.10. The summed E-state index contributed by atoms with van der Waals surface area (Å²) in [5.74, 6) is 0.666. The fraction of sp³-hybridized carbons (Fsp3) is 0.179. The molecule has 0 aliphatic carbocycles. The lowest BCUT2D eigenvalue weighted by atomic mass is 9.99. The van der Waals surface area contributed by atoms with Crippen molar-refractivity contribution in [3.63, 3.8) is 0 Å². The molecule has 0 bridgehead atoms. The summed E-state index contributed by atoms with van der Waals surface area (Å²) in [4.78, 5) is 28.2. The summed E-state index contributed by atoms with van der Waals surface area (Å²) in [5.41, 5.74) is 5.95. The van der Waals surface area contributed by atoms with Gasteiger partial charge < -0.3 is 19.9 Å². The van der Waals surface area contributed by atoms with E-state index in [4.69, 9.17) is 14.7 Å². The Morgan fingerprint density at radius 2 is 1.94 bits per heavy atom. The third-order valence-electron chi connectivity index (χ3n) is 6.56. The molecule has 7 nitrogen and oxygen atoms in total. The molecule has 174 valence electrons. The van der Waals surface area contributed by atoms with Crippen LogP contribution in [0.2, 0.25) is 0 Å². The van der Waals surface area contributed by atoms with Gasteiger partial charge in [0.05, 0.1) is 35.1 Å². The summed E-state index contributed by atoms with van der Waals surface area (Å²) in [5, 5.41) is 5.18. The highest BCUT2D eigenvalue weighted by molar-refractivity contribution is 6.11. The molecule has 7 heteroatoms. The molecule has 1 atom stereocenters. The zero-order valence-electron chi connectivity index (χ0n) is 19.6. The van der Waals surface area contributed by atoms with E-state index < -0.39 is 0 Å². The molecule has 5 aromatic rings. The Bertz CT molecular complexity index is 1570. The average Bonchev–Trinajstić information content (AvgIpc) is 3.37. The van der Waals surface area contributed by atoms with Crippen molar-refractivity contribution >= 4 is 33.4 Å². The van der Waals surface area contributed by atoms with Crippen LogP contribution in [0.3, 0.4) is 0 Å². The van der Waals surface area contributed by atoms with Gasteiger partial charge in [0.25, 0.3) is 5.91 Å². The molecule has 4 heterocycles. The number of nitrogens with zero attached hydrogens (tertiary/aromatic N) is 3. The molecule has 1 amide bonds. The first-order chi connectivity index (χ1) is 17.1. The highest BCUT2D eigenvalue weighted by Crippen LogP contribution is 2.36. The Kier molecular flexibility index (Phi) is 5.10. The van der Waals surface area contributed by atoms with Gasteiger partial charge in [-0.2, -0.15) is 0 Å². The van der Waals surface area contributed by atoms with Crippen molar-refractivity contribution in [3.05, 3.63) is 84.3 Å². The number of H-pyrrole nitrogens is 1. The summed E-state index contributed by atoms with van der Waals surface area (Å²) in [6.07, 6.45) is 6.10. The van der Waals surface area contributed by atoms with E-state index in [0.29, 0.717) is 12.2 Å². The maximum Gasteiger partial charge on any atom is 0.255 e. The van der Waals surface area contributed by atoms with Gasteiger partial charge in [-0.3, -0.25) is 14.8 Å².